The Morgan fingerprint density at radius 3 is 2.76 bits per heavy atom. The first-order valence-corrected chi connectivity index (χ1v) is 8.08. The van der Waals surface area contributed by atoms with Crippen LogP contribution in [0.1, 0.15) is 23.6 Å². The minimum atomic E-state index is -1.32. The maximum atomic E-state index is 11.2. The first-order valence-electron chi connectivity index (χ1n) is 8.08. The van der Waals surface area contributed by atoms with Crippen molar-refractivity contribution >= 4 is 34.8 Å². The third-order valence-corrected chi connectivity index (χ3v) is 4.21. The van der Waals surface area contributed by atoms with E-state index in [0.717, 1.165) is 21.7 Å². The fraction of sp³-hybridized carbons (Fsp3) is 0.278. The van der Waals surface area contributed by atoms with Crippen LogP contribution in [-0.2, 0) is 0 Å². The molecule has 0 unspecified atom stereocenters. The van der Waals surface area contributed by atoms with Crippen LogP contribution in [0.4, 0.5) is 27.8 Å². The molecular formula is C18H20N5O2-. The number of nitrogen functional groups attached to an aromatic ring is 1. The van der Waals surface area contributed by atoms with E-state index < -0.39 is 6.09 Å². The Kier molecular flexibility index (Phi) is 4.31. The lowest BCUT2D eigenvalue weighted by Crippen LogP contribution is -2.41. The van der Waals surface area contributed by atoms with Crippen LogP contribution in [0.25, 0.3) is 0 Å². The van der Waals surface area contributed by atoms with Crippen molar-refractivity contribution in [1.82, 2.24) is 4.98 Å². The van der Waals surface area contributed by atoms with Crippen molar-refractivity contribution in [3.63, 3.8) is 0 Å². The second kappa shape index (κ2) is 6.43. The number of aryl methyl sites for hydroxylation is 2. The number of amides is 1. The van der Waals surface area contributed by atoms with E-state index in [4.69, 9.17) is 5.73 Å². The average Bonchev–Trinajstić information content (AvgIpc) is 2.55. The Balaban J connectivity index is 2.04. The largest absolute Gasteiger partial charge is 0.530 e. The molecule has 3 rings (SSSR count). The highest BCUT2D eigenvalue weighted by Gasteiger charge is 2.20. The molecular weight excluding hydrogens is 318 g/mol. The summed E-state index contributed by atoms with van der Waals surface area (Å²) in [5.41, 5.74) is 11.5. The van der Waals surface area contributed by atoms with E-state index in [2.05, 4.69) is 21.4 Å². The fourth-order valence-corrected chi connectivity index (χ4v) is 2.97. The predicted molar refractivity (Wildman–Crippen MR) is 97.7 cm³/mol. The number of rotatable bonds is 3. The molecule has 0 saturated heterocycles. The third kappa shape index (κ3) is 3.13. The van der Waals surface area contributed by atoms with Crippen LogP contribution in [0, 0.1) is 13.8 Å². The summed E-state index contributed by atoms with van der Waals surface area (Å²) in [5.74, 6) is 0.415. The van der Waals surface area contributed by atoms with E-state index >= 15 is 0 Å². The van der Waals surface area contributed by atoms with Crippen LogP contribution < -0.4 is 21.1 Å². The van der Waals surface area contributed by atoms with Crippen LogP contribution in [0.3, 0.4) is 0 Å². The van der Waals surface area contributed by atoms with Crippen molar-refractivity contribution in [1.29, 1.82) is 0 Å². The zero-order chi connectivity index (χ0) is 18.1. The van der Waals surface area contributed by atoms with Crippen LogP contribution >= 0.6 is 0 Å². The first-order chi connectivity index (χ1) is 11.9. The molecule has 2 heterocycles. The normalized spacial score (nSPS) is 12.8. The summed E-state index contributed by atoms with van der Waals surface area (Å²) in [6, 6.07) is 7.83. The summed E-state index contributed by atoms with van der Waals surface area (Å²) in [6.07, 6.45) is -1.32. The van der Waals surface area contributed by atoms with Crippen LogP contribution in [0.5, 0.6) is 0 Å². The van der Waals surface area contributed by atoms with Crippen molar-refractivity contribution in [3.8, 4) is 0 Å². The molecule has 1 aliphatic rings. The fourth-order valence-electron chi connectivity index (χ4n) is 2.97. The van der Waals surface area contributed by atoms with Gasteiger partial charge in [0.15, 0.2) is 5.82 Å². The van der Waals surface area contributed by atoms with Crippen molar-refractivity contribution < 1.29 is 9.90 Å². The Labute approximate surface area is 146 Å². The summed E-state index contributed by atoms with van der Waals surface area (Å²) in [6.45, 7) is 6.55. The number of aromatic nitrogens is 1. The molecule has 7 nitrogen and oxygen atoms in total. The molecule has 7 heteroatoms. The molecule has 130 valence electrons. The maximum absolute atomic E-state index is 11.2. The molecule has 0 radical (unpaired) electrons. The van der Waals surface area contributed by atoms with E-state index in [1.807, 2.05) is 26.0 Å². The van der Waals surface area contributed by atoms with Crippen molar-refractivity contribution in [2.45, 2.75) is 20.8 Å². The Morgan fingerprint density at radius 1 is 1.36 bits per heavy atom. The average molecular weight is 338 g/mol. The molecule has 3 N–H and O–H groups in total. The SMILES string of the molecule is CCN(C(=O)[O-])c1cc2c(c(N)n1)N=C(c1ccc(C)cc1C)CN2. The van der Waals surface area contributed by atoms with Gasteiger partial charge in [0.1, 0.15) is 17.6 Å². The number of pyridine rings is 1. The van der Waals surface area contributed by atoms with Crippen molar-refractivity contribution in [3.05, 3.63) is 41.0 Å². The van der Waals surface area contributed by atoms with Gasteiger partial charge in [-0.1, -0.05) is 23.8 Å². The standard InChI is InChI=1S/C18H21N5O2/c1-4-23(18(24)25)15-8-13-16(17(19)22-15)21-14(9-20-13)12-6-5-10(2)7-11(12)3/h5-8,20H,4,9H2,1-3H3,(H2,19,22)(H,24,25)/p-1. The van der Waals surface area contributed by atoms with Gasteiger partial charge in [0.2, 0.25) is 0 Å². The first kappa shape index (κ1) is 16.8. The number of benzene rings is 1. The summed E-state index contributed by atoms with van der Waals surface area (Å²) in [5, 5.41) is 14.5. The molecule has 0 atom stereocenters. The molecule has 25 heavy (non-hydrogen) atoms. The lowest BCUT2D eigenvalue weighted by molar-refractivity contribution is -0.246. The van der Waals surface area contributed by atoms with Gasteiger partial charge in [0.25, 0.3) is 0 Å². The van der Waals surface area contributed by atoms with Gasteiger partial charge in [0.05, 0.1) is 17.9 Å². The maximum Gasteiger partial charge on any atom is 0.153 e. The minimum Gasteiger partial charge on any atom is -0.530 e. The number of carbonyl (C=O) groups excluding carboxylic acids is 1. The molecule has 0 spiro atoms. The highest BCUT2D eigenvalue weighted by atomic mass is 16.4. The number of anilines is 3. The monoisotopic (exact) mass is 338 g/mol. The quantitative estimate of drug-likeness (QED) is 0.890. The van der Waals surface area contributed by atoms with Crippen LogP contribution in [0.15, 0.2) is 29.3 Å². The topological polar surface area (TPSA) is 107 Å². The lowest BCUT2D eigenvalue weighted by Gasteiger charge is -2.25. The van der Waals surface area contributed by atoms with Crippen molar-refractivity contribution in [2.24, 2.45) is 4.99 Å². The number of nitrogens with two attached hydrogens (primary N) is 1. The van der Waals surface area contributed by atoms with Gasteiger partial charge in [-0.25, -0.2) is 9.98 Å². The Hall–Kier alpha value is -3.09. The molecule has 1 aliphatic heterocycles. The molecule has 0 bridgehead atoms. The molecule has 1 aromatic carbocycles. The Bertz CT molecular complexity index is 876. The molecule has 2 aromatic rings. The number of carboxylic acid groups (broad SMARTS) is 1. The molecule has 1 amide bonds. The number of nitrogens with zero attached hydrogens (tertiary/aromatic N) is 3. The molecule has 1 aromatic heterocycles. The summed E-state index contributed by atoms with van der Waals surface area (Å²) in [4.78, 5) is 21.1. The van der Waals surface area contributed by atoms with E-state index in [1.165, 1.54) is 5.56 Å². The minimum absolute atomic E-state index is 0.182. The van der Waals surface area contributed by atoms with E-state index in [1.54, 1.807) is 13.0 Å². The van der Waals surface area contributed by atoms with Crippen LogP contribution in [0.2, 0.25) is 0 Å². The number of nitrogens with one attached hydrogen (secondary N) is 1. The lowest BCUT2D eigenvalue weighted by atomic mass is 10.0. The van der Waals surface area contributed by atoms with Gasteiger partial charge >= 0.3 is 0 Å². The highest BCUT2D eigenvalue weighted by molar-refractivity contribution is 6.09. The number of carbonyl (C=O) groups is 1. The van der Waals surface area contributed by atoms with E-state index in [-0.39, 0.29) is 18.2 Å². The van der Waals surface area contributed by atoms with Gasteiger partial charge in [-0.05, 0) is 26.3 Å². The van der Waals surface area contributed by atoms with E-state index in [9.17, 15) is 9.90 Å². The number of aliphatic imine (C=N–C) groups is 1. The zero-order valence-electron chi connectivity index (χ0n) is 14.5. The number of hydrogen-bond acceptors (Lipinski definition) is 6. The van der Waals surface area contributed by atoms with Crippen LogP contribution in [-0.4, -0.2) is 29.9 Å². The molecule has 0 saturated carbocycles. The second-order valence-corrected chi connectivity index (χ2v) is 6.00. The molecule has 0 fully saturated rings. The summed E-state index contributed by atoms with van der Waals surface area (Å²) in [7, 11) is 0. The number of fused-ring (bicyclic) bond motifs is 1. The molecule has 0 aliphatic carbocycles. The summed E-state index contributed by atoms with van der Waals surface area (Å²) >= 11 is 0. The smallest absolute Gasteiger partial charge is 0.153 e. The summed E-state index contributed by atoms with van der Waals surface area (Å²) < 4.78 is 0. The Morgan fingerprint density at radius 2 is 2.12 bits per heavy atom. The zero-order valence-corrected chi connectivity index (χ0v) is 14.5. The van der Waals surface area contributed by atoms with Gasteiger partial charge in [0, 0.05) is 18.2 Å². The van der Waals surface area contributed by atoms with E-state index in [0.29, 0.717) is 17.9 Å². The predicted octanol–water partition coefficient (Wildman–Crippen LogP) is 2.00. The van der Waals surface area contributed by atoms with Gasteiger partial charge < -0.3 is 25.9 Å². The third-order valence-electron chi connectivity index (χ3n) is 4.21. The van der Waals surface area contributed by atoms with Crippen molar-refractivity contribution in [2.75, 3.05) is 29.0 Å². The van der Waals surface area contributed by atoms with Gasteiger partial charge in [-0.2, -0.15) is 0 Å². The van der Waals surface area contributed by atoms with Gasteiger partial charge in [-0.15, -0.1) is 0 Å². The van der Waals surface area contributed by atoms with Gasteiger partial charge in [-0.3, -0.25) is 0 Å². The highest BCUT2D eigenvalue weighted by Crippen LogP contribution is 2.36. The second-order valence-electron chi connectivity index (χ2n) is 6.00. The number of hydrogen-bond donors (Lipinski definition) is 2.